The van der Waals surface area contributed by atoms with Crippen molar-refractivity contribution >= 4 is 50.9 Å². The Morgan fingerprint density at radius 2 is 1.66 bits per heavy atom. The van der Waals surface area contributed by atoms with E-state index in [-0.39, 0.29) is 17.6 Å². The normalized spacial score (nSPS) is 13.4. The van der Waals surface area contributed by atoms with E-state index < -0.39 is 5.82 Å². The Balaban J connectivity index is 1.11. The van der Waals surface area contributed by atoms with E-state index >= 15 is 0 Å². The molecule has 5 rings (SSSR count). The third kappa shape index (κ3) is 6.20. The van der Waals surface area contributed by atoms with Crippen molar-refractivity contribution in [3.8, 4) is 5.69 Å². The average molecular weight is 596 g/mol. The number of carbonyl (C=O) groups is 2. The highest BCUT2D eigenvalue weighted by Crippen LogP contribution is 2.22. The van der Waals surface area contributed by atoms with Gasteiger partial charge in [-0.25, -0.2) is 4.39 Å². The molecule has 0 radical (unpaired) electrons. The summed E-state index contributed by atoms with van der Waals surface area (Å²) in [7, 11) is 0. The minimum absolute atomic E-state index is 0.153. The van der Waals surface area contributed by atoms with Gasteiger partial charge in [0.15, 0.2) is 0 Å². The lowest BCUT2D eigenvalue weighted by atomic mass is 10.1. The van der Waals surface area contributed by atoms with Crippen LogP contribution in [0.3, 0.4) is 0 Å². The molecule has 0 saturated carbocycles. The summed E-state index contributed by atoms with van der Waals surface area (Å²) in [5.41, 5.74) is 2.85. The second kappa shape index (κ2) is 11.7. The molecule has 9 nitrogen and oxygen atoms in total. The number of benzene rings is 3. The van der Waals surface area contributed by atoms with Crippen LogP contribution in [0, 0.1) is 5.82 Å². The lowest BCUT2D eigenvalue weighted by Crippen LogP contribution is -2.48. The number of tetrazole rings is 1. The lowest BCUT2D eigenvalue weighted by Gasteiger charge is -2.36. The van der Waals surface area contributed by atoms with Crippen LogP contribution < -0.4 is 10.2 Å². The quantitative estimate of drug-likeness (QED) is 0.319. The maximum atomic E-state index is 13.5. The number of amides is 2. The summed E-state index contributed by atoms with van der Waals surface area (Å²) in [5, 5.41) is 15.2. The number of thioether (sulfide) groups is 1. The number of piperazine rings is 1. The van der Waals surface area contributed by atoms with Gasteiger partial charge in [0.1, 0.15) is 5.82 Å². The van der Waals surface area contributed by atoms with Crippen molar-refractivity contribution in [1.82, 2.24) is 25.1 Å². The smallest absolute Gasteiger partial charge is 0.254 e. The molecule has 194 valence electrons. The Bertz CT molecular complexity index is 1420. The molecule has 0 aliphatic carbocycles. The maximum Gasteiger partial charge on any atom is 0.254 e. The fraction of sp³-hybridized carbons (Fsp3) is 0.192. The van der Waals surface area contributed by atoms with Crippen LogP contribution in [0.1, 0.15) is 10.4 Å². The van der Waals surface area contributed by atoms with Crippen molar-refractivity contribution in [2.24, 2.45) is 0 Å². The molecule has 1 saturated heterocycles. The van der Waals surface area contributed by atoms with E-state index in [9.17, 15) is 14.0 Å². The van der Waals surface area contributed by atoms with Crippen LogP contribution in [-0.4, -0.2) is 68.9 Å². The number of nitrogens with one attached hydrogen (secondary N) is 1. The fourth-order valence-corrected chi connectivity index (χ4v) is 5.02. The number of carbonyl (C=O) groups excluding carboxylic acids is 2. The van der Waals surface area contributed by atoms with Crippen LogP contribution in [-0.2, 0) is 4.79 Å². The van der Waals surface area contributed by atoms with Gasteiger partial charge in [-0.3, -0.25) is 9.59 Å². The van der Waals surface area contributed by atoms with Crippen molar-refractivity contribution < 1.29 is 14.0 Å². The molecule has 1 N–H and O–H groups in total. The third-order valence-corrected chi connectivity index (χ3v) is 7.45. The van der Waals surface area contributed by atoms with E-state index in [1.807, 2.05) is 48.5 Å². The molecule has 4 aromatic rings. The van der Waals surface area contributed by atoms with E-state index in [0.717, 1.165) is 15.8 Å². The number of hydrogen-bond acceptors (Lipinski definition) is 7. The van der Waals surface area contributed by atoms with Crippen LogP contribution >= 0.6 is 27.7 Å². The molecule has 2 heterocycles. The lowest BCUT2D eigenvalue weighted by molar-refractivity contribution is -0.113. The molecule has 1 aliphatic heterocycles. The summed E-state index contributed by atoms with van der Waals surface area (Å²) < 4.78 is 16.0. The molecular weight excluding hydrogens is 573 g/mol. The Kier molecular flexibility index (Phi) is 7.99. The average Bonchev–Trinajstić information content (AvgIpc) is 3.41. The SMILES string of the molecule is O=C(CSc1nnnn1-c1ccc(Br)cc1)Nc1ccc(N2CCN(C(=O)c3cccc(F)c3)CC2)cc1. The minimum Gasteiger partial charge on any atom is -0.368 e. The number of rotatable bonds is 7. The Labute approximate surface area is 231 Å². The second-order valence-electron chi connectivity index (χ2n) is 8.52. The summed E-state index contributed by atoms with van der Waals surface area (Å²) in [4.78, 5) is 29.1. The van der Waals surface area contributed by atoms with Gasteiger partial charge in [-0.1, -0.05) is 33.8 Å². The van der Waals surface area contributed by atoms with Crippen LogP contribution in [0.5, 0.6) is 0 Å². The highest BCUT2D eigenvalue weighted by atomic mass is 79.9. The zero-order valence-corrected chi connectivity index (χ0v) is 22.5. The molecule has 0 bridgehead atoms. The van der Waals surface area contributed by atoms with E-state index in [1.165, 1.54) is 23.9 Å². The summed E-state index contributed by atoms with van der Waals surface area (Å²) in [5.74, 6) is -0.593. The number of aromatic nitrogens is 4. The first-order chi connectivity index (χ1) is 18.5. The molecule has 1 aromatic heterocycles. The molecular formula is C26H23BrFN7O2S. The summed E-state index contributed by atoms with van der Waals surface area (Å²) in [6.45, 7) is 2.42. The second-order valence-corrected chi connectivity index (χ2v) is 10.4. The summed E-state index contributed by atoms with van der Waals surface area (Å²) in [6.07, 6.45) is 0. The van der Waals surface area contributed by atoms with Crippen molar-refractivity contribution in [3.63, 3.8) is 0 Å². The number of hydrogen-bond donors (Lipinski definition) is 1. The van der Waals surface area contributed by atoms with Gasteiger partial charge in [0.25, 0.3) is 5.91 Å². The number of anilines is 2. The first-order valence-electron chi connectivity index (χ1n) is 11.8. The monoisotopic (exact) mass is 595 g/mol. The molecule has 1 fully saturated rings. The molecule has 0 unspecified atom stereocenters. The predicted molar refractivity (Wildman–Crippen MR) is 147 cm³/mol. The van der Waals surface area contributed by atoms with Gasteiger partial charge in [-0.05, 0) is 77.2 Å². The molecule has 0 spiro atoms. The van der Waals surface area contributed by atoms with E-state index in [2.05, 4.69) is 41.7 Å². The van der Waals surface area contributed by atoms with Gasteiger partial charge in [-0.2, -0.15) is 4.68 Å². The molecule has 12 heteroatoms. The summed E-state index contributed by atoms with van der Waals surface area (Å²) in [6, 6.07) is 20.9. The van der Waals surface area contributed by atoms with Crippen molar-refractivity contribution in [1.29, 1.82) is 0 Å². The van der Waals surface area contributed by atoms with Gasteiger partial charge < -0.3 is 15.1 Å². The molecule has 1 aliphatic rings. The van der Waals surface area contributed by atoms with E-state index in [1.54, 1.807) is 21.7 Å². The number of halogens is 2. The van der Waals surface area contributed by atoms with Crippen molar-refractivity contribution in [2.75, 3.05) is 42.1 Å². The van der Waals surface area contributed by atoms with E-state index in [4.69, 9.17) is 0 Å². The Hall–Kier alpha value is -3.77. The molecule has 0 atom stereocenters. The highest BCUT2D eigenvalue weighted by molar-refractivity contribution is 9.10. The highest BCUT2D eigenvalue weighted by Gasteiger charge is 2.22. The largest absolute Gasteiger partial charge is 0.368 e. The van der Waals surface area contributed by atoms with Gasteiger partial charge in [-0.15, -0.1) is 5.10 Å². The third-order valence-electron chi connectivity index (χ3n) is 6.00. The fourth-order valence-electron chi connectivity index (χ4n) is 4.07. The van der Waals surface area contributed by atoms with Gasteiger partial charge >= 0.3 is 0 Å². The Morgan fingerprint density at radius 3 is 2.37 bits per heavy atom. The Morgan fingerprint density at radius 1 is 0.947 bits per heavy atom. The van der Waals surface area contributed by atoms with Crippen LogP contribution in [0.15, 0.2) is 82.4 Å². The van der Waals surface area contributed by atoms with Crippen LogP contribution in [0.25, 0.3) is 5.69 Å². The number of nitrogens with zero attached hydrogens (tertiary/aromatic N) is 6. The van der Waals surface area contributed by atoms with Crippen molar-refractivity contribution in [2.45, 2.75) is 5.16 Å². The zero-order valence-electron chi connectivity index (χ0n) is 20.1. The van der Waals surface area contributed by atoms with E-state index in [0.29, 0.717) is 42.6 Å². The standard InChI is InChI=1S/C26H23BrFN7O2S/c27-19-4-8-23(9-5-19)35-26(30-31-32-35)38-17-24(36)29-21-6-10-22(11-7-21)33-12-14-34(15-13-33)25(37)18-2-1-3-20(28)16-18/h1-11,16H,12-15,17H2,(H,29,36). The minimum atomic E-state index is -0.415. The van der Waals surface area contributed by atoms with Crippen molar-refractivity contribution in [3.05, 3.63) is 88.6 Å². The van der Waals surface area contributed by atoms with Crippen LogP contribution in [0.2, 0.25) is 0 Å². The van der Waals surface area contributed by atoms with Crippen LogP contribution in [0.4, 0.5) is 15.8 Å². The molecule has 3 aromatic carbocycles. The first kappa shape index (κ1) is 25.9. The molecule has 2 amide bonds. The van der Waals surface area contributed by atoms with Gasteiger partial charge in [0.05, 0.1) is 11.4 Å². The zero-order chi connectivity index (χ0) is 26.5. The predicted octanol–water partition coefficient (Wildman–Crippen LogP) is 4.26. The summed E-state index contributed by atoms with van der Waals surface area (Å²) >= 11 is 4.66. The first-order valence-corrected chi connectivity index (χ1v) is 13.6. The van der Waals surface area contributed by atoms with Gasteiger partial charge in [0, 0.05) is 47.6 Å². The molecule has 38 heavy (non-hydrogen) atoms. The topological polar surface area (TPSA) is 96.2 Å². The van der Waals surface area contributed by atoms with Gasteiger partial charge in [0.2, 0.25) is 11.1 Å². The maximum absolute atomic E-state index is 13.5.